The SMILES string of the molecule is CC1C=C(F)C=C(B(O)O)C1. The molecule has 11 heavy (non-hydrogen) atoms. The number of allylic oxidation sites excluding steroid dienone is 4. The number of halogens is 1. The minimum Gasteiger partial charge on any atom is -0.423 e. The lowest BCUT2D eigenvalue weighted by Gasteiger charge is -2.14. The summed E-state index contributed by atoms with van der Waals surface area (Å²) >= 11 is 0. The normalized spacial score (nSPS) is 24.2. The van der Waals surface area contributed by atoms with Crippen LogP contribution in [0.5, 0.6) is 0 Å². The molecule has 0 amide bonds. The van der Waals surface area contributed by atoms with E-state index in [0.29, 0.717) is 11.9 Å². The van der Waals surface area contributed by atoms with Crippen molar-refractivity contribution in [2.24, 2.45) is 5.92 Å². The molecule has 2 N–H and O–H groups in total. The maximum atomic E-state index is 12.6. The first-order valence-electron chi connectivity index (χ1n) is 3.53. The Balaban J connectivity index is 2.76. The third kappa shape index (κ3) is 2.17. The Kier molecular flexibility index (Phi) is 2.47. The smallest absolute Gasteiger partial charge is 0.423 e. The van der Waals surface area contributed by atoms with Crippen molar-refractivity contribution in [1.29, 1.82) is 0 Å². The van der Waals surface area contributed by atoms with Crippen LogP contribution in [0.3, 0.4) is 0 Å². The van der Waals surface area contributed by atoms with E-state index in [0.717, 1.165) is 0 Å². The summed E-state index contributed by atoms with van der Waals surface area (Å²) in [5, 5.41) is 17.4. The molecular formula is C7H10BFO2. The van der Waals surface area contributed by atoms with E-state index in [4.69, 9.17) is 10.0 Å². The zero-order valence-electron chi connectivity index (χ0n) is 6.29. The van der Waals surface area contributed by atoms with Crippen molar-refractivity contribution < 1.29 is 14.4 Å². The summed E-state index contributed by atoms with van der Waals surface area (Å²) in [6, 6.07) is 0. The third-order valence-electron chi connectivity index (χ3n) is 1.66. The summed E-state index contributed by atoms with van der Waals surface area (Å²) in [7, 11) is -1.52. The van der Waals surface area contributed by atoms with E-state index in [2.05, 4.69) is 0 Å². The summed E-state index contributed by atoms with van der Waals surface area (Å²) in [6.07, 6.45) is 3.15. The molecule has 0 aromatic rings. The predicted molar refractivity (Wildman–Crippen MR) is 41.2 cm³/mol. The summed E-state index contributed by atoms with van der Waals surface area (Å²) in [5.41, 5.74) is 0.345. The second-order valence-corrected chi connectivity index (χ2v) is 2.83. The average molecular weight is 156 g/mol. The highest BCUT2D eigenvalue weighted by atomic mass is 19.1. The highest BCUT2D eigenvalue weighted by Gasteiger charge is 2.20. The van der Waals surface area contributed by atoms with Gasteiger partial charge in [0.05, 0.1) is 0 Å². The number of hydrogen-bond donors (Lipinski definition) is 2. The van der Waals surface area contributed by atoms with Gasteiger partial charge in [0.15, 0.2) is 0 Å². The fourth-order valence-corrected chi connectivity index (χ4v) is 1.17. The molecule has 0 aromatic heterocycles. The minimum atomic E-state index is -1.52. The van der Waals surface area contributed by atoms with E-state index in [9.17, 15) is 4.39 Å². The van der Waals surface area contributed by atoms with Crippen molar-refractivity contribution in [2.75, 3.05) is 0 Å². The highest BCUT2D eigenvalue weighted by Crippen LogP contribution is 2.23. The van der Waals surface area contributed by atoms with Gasteiger partial charge in [-0.25, -0.2) is 4.39 Å². The van der Waals surface area contributed by atoms with Gasteiger partial charge in [0.1, 0.15) is 5.83 Å². The second kappa shape index (κ2) is 3.20. The standard InChI is InChI=1S/C7H10BFO2/c1-5-2-6(8(10)11)4-7(9)3-5/h3-5,10-11H,2H2,1H3. The Morgan fingerprint density at radius 2 is 2.27 bits per heavy atom. The maximum absolute atomic E-state index is 12.6. The summed E-state index contributed by atoms with van der Waals surface area (Å²) < 4.78 is 12.6. The fourth-order valence-electron chi connectivity index (χ4n) is 1.17. The third-order valence-corrected chi connectivity index (χ3v) is 1.66. The zero-order valence-corrected chi connectivity index (χ0v) is 6.29. The first-order valence-corrected chi connectivity index (χ1v) is 3.53. The summed E-state index contributed by atoms with van der Waals surface area (Å²) in [6.45, 7) is 1.83. The molecule has 0 saturated carbocycles. The van der Waals surface area contributed by atoms with E-state index in [1.54, 1.807) is 0 Å². The molecule has 0 aliphatic heterocycles. The van der Waals surface area contributed by atoms with Gasteiger partial charge in [-0.05, 0) is 30.0 Å². The molecule has 60 valence electrons. The zero-order chi connectivity index (χ0) is 8.43. The van der Waals surface area contributed by atoms with Crippen LogP contribution in [0.2, 0.25) is 0 Å². The number of rotatable bonds is 1. The topological polar surface area (TPSA) is 40.5 Å². The van der Waals surface area contributed by atoms with Gasteiger partial charge in [-0.2, -0.15) is 0 Å². The molecule has 0 heterocycles. The molecule has 1 rings (SSSR count). The van der Waals surface area contributed by atoms with E-state index in [1.165, 1.54) is 12.2 Å². The molecule has 1 atom stereocenters. The van der Waals surface area contributed by atoms with Crippen molar-refractivity contribution in [1.82, 2.24) is 0 Å². The van der Waals surface area contributed by atoms with Gasteiger partial charge in [-0.15, -0.1) is 0 Å². The Morgan fingerprint density at radius 1 is 1.64 bits per heavy atom. The van der Waals surface area contributed by atoms with Crippen molar-refractivity contribution in [3.63, 3.8) is 0 Å². The molecule has 2 nitrogen and oxygen atoms in total. The fraction of sp³-hybridized carbons (Fsp3) is 0.429. The van der Waals surface area contributed by atoms with E-state index >= 15 is 0 Å². The Labute approximate surface area is 65.2 Å². The number of hydrogen-bond acceptors (Lipinski definition) is 2. The van der Waals surface area contributed by atoms with Crippen molar-refractivity contribution in [2.45, 2.75) is 13.3 Å². The van der Waals surface area contributed by atoms with Gasteiger partial charge >= 0.3 is 7.12 Å². The van der Waals surface area contributed by atoms with E-state index in [1.807, 2.05) is 6.92 Å². The second-order valence-electron chi connectivity index (χ2n) is 2.83. The van der Waals surface area contributed by atoms with Crippen LogP contribution in [-0.2, 0) is 0 Å². The van der Waals surface area contributed by atoms with Crippen LogP contribution in [0.15, 0.2) is 23.5 Å². The lowest BCUT2D eigenvalue weighted by Crippen LogP contribution is -2.19. The molecule has 0 bridgehead atoms. The quantitative estimate of drug-likeness (QED) is 0.551. The molecular weight excluding hydrogens is 146 g/mol. The van der Waals surface area contributed by atoms with E-state index < -0.39 is 7.12 Å². The van der Waals surface area contributed by atoms with Gasteiger partial charge in [0.25, 0.3) is 0 Å². The average Bonchev–Trinajstić information content (AvgIpc) is 1.85. The summed E-state index contributed by atoms with van der Waals surface area (Å²) in [5.74, 6) is -0.330. The van der Waals surface area contributed by atoms with Crippen LogP contribution in [0.4, 0.5) is 4.39 Å². The Bertz CT molecular complexity index is 210. The lowest BCUT2D eigenvalue weighted by atomic mass is 9.72. The molecule has 0 fully saturated rings. The van der Waals surface area contributed by atoms with Gasteiger partial charge in [0.2, 0.25) is 0 Å². The van der Waals surface area contributed by atoms with Crippen LogP contribution >= 0.6 is 0 Å². The van der Waals surface area contributed by atoms with Crippen LogP contribution < -0.4 is 0 Å². The first-order chi connectivity index (χ1) is 5.09. The predicted octanol–water partition coefficient (Wildman–Crippen LogP) is 0.818. The van der Waals surface area contributed by atoms with Crippen molar-refractivity contribution in [3.05, 3.63) is 23.5 Å². The molecule has 0 spiro atoms. The van der Waals surface area contributed by atoms with Gasteiger partial charge < -0.3 is 10.0 Å². The van der Waals surface area contributed by atoms with Crippen LogP contribution in [0.25, 0.3) is 0 Å². The molecule has 1 aliphatic rings. The summed E-state index contributed by atoms with van der Waals surface area (Å²) in [4.78, 5) is 0. The Hall–Kier alpha value is -0.605. The first kappa shape index (κ1) is 8.49. The molecule has 0 aromatic carbocycles. The molecule has 1 unspecified atom stereocenters. The van der Waals surface area contributed by atoms with E-state index in [-0.39, 0.29) is 11.7 Å². The largest absolute Gasteiger partial charge is 0.484 e. The monoisotopic (exact) mass is 156 g/mol. The van der Waals surface area contributed by atoms with Gasteiger partial charge in [-0.1, -0.05) is 6.92 Å². The highest BCUT2D eigenvalue weighted by molar-refractivity contribution is 6.50. The van der Waals surface area contributed by atoms with Crippen LogP contribution in [0.1, 0.15) is 13.3 Å². The molecule has 1 aliphatic carbocycles. The minimum absolute atomic E-state index is 0.0526. The molecule has 4 heteroatoms. The van der Waals surface area contributed by atoms with Crippen molar-refractivity contribution >= 4 is 7.12 Å². The molecule has 0 saturated heterocycles. The molecule has 0 radical (unpaired) electrons. The maximum Gasteiger partial charge on any atom is 0.484 e. The lowest BCUT2D eigenvalue weighted by molar-refractivity contribution is 0.412. The van der Waals surface area contributed by atoms with Gasteiger partial charge in [-0.3, -0.25) is 0 Å². The van der Waals surface area contributed by atoms with Crippen molar-refractivity contribution in [3.8, 4) is 0 Å². The van der Waals surface area contributed by atoms with Crippen LogP contribution in [0, 0.1) is 5.92 Å². The Morgan fingerprint density at radius 3 is 2.73 bits per heavy atom. The van der Waals surface area contributed by atoms with Gasteiger partial charge in [0, 0.05) is 0 Å². The van der Waals surface area contributed by atoms with Crippen LogP contribution in [-0.4, -0.2) is 17.2 Å².